The fraction of sp³-hybridized carbons (Fsp3) is 0.222. The van der Waals surface area contributed by atoms with Crippen molar-refractivity contribution in [3.8, 4) is 0 Å². The summed E-state index contributed by atoms with van der Waals surface area (Å²) < 4.78 is 30.0. The normalized spacial score (nSPS) is 11.8. The van der Waals surface area contributed by atoms with E-state index in [-0.39, 0.29) is 5.69 Å². The summed E-state index contributed by atoms with van der Waals surface area (Å²) in [6.45, 7) is -0.634. The maximum atomic E-state index is 11.7. The molecule has 122 valence electrons. The fourth-order valence-electron chi connectivity index (χ4n) is 1.05. The van der Waals surface area contributed by atoms with Crippen LogP contribution in [-0.4, -0.2) is 29.8 Å². The van der Waals surface area contributed by atoms with Crippen LogP contribution in [0, 0.1) is 10.1 Å². The monoisotopic (exact) mass is 392 g/mol. The Bertz CT molecular complexity index is 657. The van der Waals surface area contributed by atoms with Gasteiger partial charge in [-0.1, -0.05) is 34.8 Å². The Hall–Kier alpha value is -1.33. The second-order valence-corrected chi connectivity index (χ2v) is 7.64. The van der Waals surface area contributed by atoms with Crippen LogP contribution in [0.25, 0.3) is 0 Å². The molecule has 0 saturated heterocycles. The lowest BCUT2D eigenvalue weighted by atomic mass is 10.3. The summed E-state index contributed by atoms with van der Waals surface area (Å²) in [6.07, 6.45) is -1.31. The molecule has 0 bridgehead atoms. The number of carbonyl (C=O) groups excluding carboxylic acids is 1. The van der Waals surface area contributed by atoms with Crippen molar-refractivity contribution >= 4 is 56.7 Å². The van der Waals surface area contributed by atoms with Crippen LogP contribution in [0.3, 0.4) is 0 Å². The molecular weight excluding hydrogens is 387 g/mol. The lowest BCUT2D eigenvalue weighted by molar-refractivity contribution is -0.384. The Morgan fingerprint density at radius 2 is 1.82 bits per heavy atom. The molecule has 0 atom stereocenters. The van der Waals surface area contributed by atoms with Gasteiger partial charge >= 0.3 is 16.2 Å². The number of hydrogen-bond acceptors (Lipinski definition) is 7. The number of nitrogens with one attached hydrogen (secondary N) is 1. The summed E-state index contributed by atoms with van der Waals surface area (Å²) in [4.78, 5) is 20.5. The maximum Gasteiger partial charge on any atom is 0.432 e. The number of ether oxygens (including phenoxy) is 1. The highest BCUT2D eigenvalue weighted by atomic mass is 35.6. The Morgan fingerprint density at radius 1 is 1.27 bits per heavy atom. The van der Waals surface area contributed by atoms with Gasteiger partial charge in [0.15, 0.2) is 0 Å². The third-order valence-corrected chi connectivity index (χ3v) is 3.42. The van der Waals surface area contributed by atoms with E-state index in [0.29, 0.717) is 0 Å². The number of alkyl halides is 3. The van der Waals surface area contributed by atoms with E-state index in [9.17, 15) is 23.3 Å². The number of halogens is 3. The lowest BCUT2D eigenvalue weighted by Crippen LogP contribution is -2.30. The predicted molar refractivity (Wildman–Crippen MR) is 76.1 cm³/mol. The van der Waals surface area contributed by atoms with Crippen molar-refractivity contribution < 1.29 is 27.2 Å². The number of carbonyl (C=O) groups is 1. The number of rotatable bonds is 5. The second-order valence-electron chi connectivity index (χ2n) is 3.58. The quantitative estimate of drug-likeness (QED) is 0.462. The molecule has 0 aliphatic carbocycles. The molecule has 9 nitrogen and oxygen atoms in total. The topological polar surface area (TPSA) is 125 Å². The summed E-state index contributed by atoms with van der Waals surface area (Å²) in [5.41, 5.74) is 1.16. The zero-order chi connectivity index (χ0) is 17.0. The number of benzene rings is 1. The number of non-ortho nitro benzene ring substituents is 1. The van der Waals surface area contributed by atoms with Gasteiger partial charge in [0.05, 0.1) is 9.82 Å². The first kappa shape index (κ1) is 18.7. The minimum absolute atomic E-state index is 0.311. The van der Waals surface area contributed by atoms with Crippen molar-refractivity contribution in [1.82, 2.24) is 5.48 Å². The van der Waals surface area contributed by atoms with Gasteiger partial charge < -0.3 is 4.74 Å². The molecule has 0 spiro atoms. The highest BCUT2D eigenvalue weighted by Gasteiger charge is 2.23. The molecule has 0 aromatic heterocycles. The second kappa shape index (κ2) is 7.29. The lowest BCUT2D eigenvalue weighted by Gasteiger charge is -2.11. The highest BCUT2D eigenvalue weighted by molar-refractivity contribution is 7.86. The largest absolute Gasteiger partial charge is 0.443 e. The number of hydroxylamine groups is 1. The number of nitro benzene ring substituents is 1. The zero-order valence-corrected chi connectivity index (χ0v) is 13.4. The molecule has 1 rings (SSSR count). The molecule has 0 aliphatic rings. The van der Waals surface area contributed by atoms with Gasteiger partial charge in [0, 0.05) is 12.1 Å². The van der Waals surface area contributed by atoms with Crippen LogP contribution in [0.1, 0.15) is 0 Å². The minimum atomic E-state index is -4.39. The molecule has 1 amide bonds. The maximum absolute atomic E-state index is 11.7. The number of hydrogen-bond donors (Lipinski definition) is 1. The Kier molecular flexibility index (Phi) is 6.20. The van der Waals surface area contributed by atoms with Crippen molar-refractivity contribution in [3.05, 3.63) is 34.4 Å². The molecule has 0 unspecified atom stereocenters. The van der Waals surface area contributed by atoms with Gasteiger partial charge in [-0.3, -0.25) is 10.1 Å². The number of nitrogens with zero attached hydrogens (tertiary/aromatic N) is 1. The van der Waals surface area contributed by atoms with E-state index >= 15 is 0 Å². The highest BCUT2D eigenvalue weighted by Crippen LogP contribution is 2.25. The summed E-state index contributed by atoms with van der Waals surface area (Å²) in [7, 11) is -4.39. The molecule has 1 N–H and O–H groups in total. The van der Waals surface area contributed by atoms with E-state index in [1.54, 1.807) is 0 Å². The fourth-order valence-corrected chi connectivity index (χ4v) is 1.96. The number of amides is 1. The molecule has 13 heteroatoms. The van der Waals surface area contributed by atoms with Crippen LogP contribution in [0.4, 0.5) is 10.5 Å². The zero-order valence-electron chi connectivity index (χ0n) is 10.4. The Morgan fingerprint density at radius 3 is 2.27 bits per heavy atom. The average molecular weight is 394 g/mol. The molecule has 22 heavy (non-hydrogen) atoms. The Balaban J connectivity index is 2.64. The van der Waals surface area contributed by atoms with Crippen LogP contribution < -0.4 is 5.48 Å². The summed E-state index contributed by atoms with van der Waals surface area (Å²) in [5.74, 6) is 0. The molecule has 0 heterocycles. The molecular formula is C9H7Cl3N2O7S. The van der Waals surface area contributed by atoms with E-state index in [2.05, 4.69) is 9.02 Å². The third-order valence-electron chi connectivity index (χ3n) is 1.94. The molecule has 0 aliphatic heterocycles. The van der Waals surface area contributed by atoms with Gasteiger partial charge in [0.2, 0.25) is 3.79 Å². The third kappa shape index (κ3) is 6.20. The van der Waals surface area contributed by atoms with Gasteiger partial charge in [-0.2, -0.15) is 13.9 Å². The Labute approximate surface area is 139 Å². The van der Waals surface area contributed by atoms with E-state index in [1.807, 2.05) is 0 Å². The van der Waals surface area contributed by atoms with Crippen molar-refractivity contribution in [1.29, 1.82) is 0 Å². The van der Waals surface area contributed by atoms with Crippen LogP contribution in [0.2, 0.25) is 0 Å². The van der Waals surface area contributed by atoms with E-state index in [0.717, 1.165) is 24.3 Å². The summed E-state index contributed by atoms with van der Waals surface area (Å²) >= 11 is 15.9. The predicted octanol–water partition coefficient (Wildman–Crippen LogP) is 2.31. The van der Waals surface area contributed by atoms with Crippen molar-refractivity contribution in [2.45, 2.75) is 8.69 Å². The molecule has 0 fully saturated rings. The van der Waals surface area contributed by atoms with Crippen LogP contribution in [0.15, 0.2) is 29.2 Å². The molecule has 1 aromatic rings. The van der Waals surface area contributed by atoms with E-state index < -0.39 is 36.4 Å². The van der Waals surface area contributed by atoms with Crippen molar-refractivity contribution in [2.75, 3.05) is 6.61 Å². The SMILES string of the molecule is O=C(NOS(=O)(=O)c1ccc([N+](=O)[O-])cc1)OCC(Cl)(Cl)Cl. The van der Waals surface area contributed by atoms with Crippen molar-refractivity contribution in [2.24, 2.45) is 0 Å². The smallest absolute Gasteiger partial charge is 0.432 e. The van der Waals surface area contributed by atoms with E-state index in [4.69, 9.17) is 34.8 Å². The van der Waals surface area contributed by atoms with Crippen LogP contribution in [0.5, 0.6) is 0 Å². The van der Waals surface area contributed by atoms with Gasteiger partial charge in [0.1, 0.15) is 6.61 Å². The molecule has 1 aromatic carbocycles. The van der Waals surface area contributed by atoms with E-state index in [1.165, 1.54) is 5.48 Å². The van der Waals surface area contributed by atoms with Gasteiger partial charge in [-0.05, 0) is 12.1 Å². The first-order chi connectivity index (χ1) is 10.0. The minimum Gasteiger partial charge on any atom is -0.443 e. The van der Waals surface area contributed by atoms with Gasteiger partial charge in [0.25, 0.3) is 5.69 Å². The number of nitro groups is 1. The van der Waals surface area contributed by atoms with Crippen molar-refractivity contribution in [3.63, 3.8) is 0 Å². The van der Waals surface area contributed by atoms with Crippen LogP contribution >= 0.6 is 34.8 Å². The molecule has 0 radical (unpaired) electrons. The van der Waals surface area contributed by atoms with Gasteiger partial charge in [-0.25, -0.2) is 4.79 Å². The molecule has 0 saturated carbocycles. The standard InChI is InChI=1S/C9H7Cl3N2O7S/c10-9(11,12)5-20-8(15)13-21-22(18,19)7-3-1-6(2-4-7)14(16)17/h1-4H,5H2,(H,13,15). The van der Waals surface area contributed by atoms with Gasteiger partial charge in [-0.15, -0.1) is 4.28 Å². The first-order valence-corrected chi connectivity index (χ1v) is 7.73. The summed E-state index contributed by atoms with van der Waals surface area (Å²) in [6, 6.07) is 3.78. The van der Waals surface area contributed by atoms with Crippen LogP contribution in [-0.2, 0) is 19.1 Å². The first-order valence-electron chi connectivity index (χ1n) is 5.19. The summed E-state index contributed by atoms with van der Waals surface area (Å²) in [5, 5.41) is 10.4. The average Bonchev–Trinajstić information content (AvgIpc) is 2.42.